The highest BCUT2D eigenvalue weighted by atomic mass is 19.4. The van der Waals surface area contributed by atoms with Crippen molar-refractivity contribution >= 4 is 11.9 Å². The largest absolute Gasteiger partial charge is 0.405 e. The molecule has 1 fully saturated rings. The van der Waals surface area contributed by atoms with Crippen molar-refractivity contribution in [3.63, 3.8) is 0 Å². The maximum atomic E-state index is 12.0. The number of carbonyl (C=O) groups excluding carboxylic acids is 2. The number of imide groups is 1. The summed E-state index contributed by atoms with van der Waals surface area (Å²) >= 11 is 0. The third-order valence-corrected chi connectivity index (χ3v) is 3.34. The molecule has 3 amide bonds. The van der Waals surface area contributed by atoms with Crippen LogP contribution in [0.3, 0.4) is 0 Å². The molecule has 8 heteroatoms. The Kier molecular flexibility index (Phi) is 5.59. The van der Waals surface area contributed by atoms with E-state index >= 15 is 0 Å². The minimum Gasteiger partial charge on any atom is -0.329 e. The summed E-state index contributed by atoms with van der Waals surface area (Å²) in [5.74, 6) is -0.618. The van der Waals surface area contributed by atoms with Gasteiger partial charge in [-0.15, -0.1) is 0 Å². The molecule has 0 aliphatic heterocycles. The van der Waals surface area contributed by atoms with Gasteiger partial charge in [-0.2, -0.15) is 13.2 Å². The van der Waals surface area contributed by atoms with Crippen molar-refractivity contribution in [2.24, 2.45) is 0 Å². The molecule has 2 N–H and O–H groups in total. The third-order valence-electron chi connectivity index (χ3n) is 3.34. The molecule has 0 radical (unpaired) electrons. The first-order chi connectivity index (χ1) is 10.8. The minimum atomic E-state index is -4.51. The number of alkyl halides is 3. The normalized spacial score (nSPS) is 14.6. The number of hydrogen-bond donors (Lipinski definition) is 2. The van der Waals surface area contributed by atoms with Crippen molar-refractivity contribution in [2.75, 3.05) is 13.1 Å². The van der Waals surface area contributed by atoms with Gasteiger partial charge in [-0.25, -0.2) is 4.79 Å². The number of amides is 3. The van der Waals surface area contributed by atoms with Crippen LogP contribution in [0, 0.1) is 0 Å². The Morgan fingerprint density at radius 1 is 1.17 bits per heavy atom. The second kappa shape index (κ2) is 7.45. The molecule has 0 spiro atoms. The highest BCUT2D eigenvalue weighted by molar-refractivity contribution is 5.95. The van der Waals surface area contributed by atoms with Gasteiger partial charge in [0.05, 0.1) is 6.54 Å². The molecule has 1 saturated carbocycles. The Hall–Kier alpha value is -2.09. The Morgan fingerprint density at radius 2 is 1.83 bits per heavy atom. The van der Waals surface area contributed by atoms with Gasteiger partial charge in [-0.1, -0.05) is 30.3 Å². The van der Waals surface area contributed by atoms with E-state index in [-0.39, 0.29) is 12.6 Å². The fourth-order valence-electron chi connectivity index (χ4n) is 2.15. The van der Waals surface area contributed by atoms with E-state index in [9.17, 15) is 22.8 Å². The number of rotatable bonds is 6. The van der Waals surface area contributed by atoms with Gasteiger partial charge in [-0.3, -0.25) is 15.0 Å². The Labute approximate surface area is 131 Å². The average Bonchev–Trinajstić information content (AvgIpc) is 3.29. The van der Waals surface area contributed by atoms with Crippen LogP contribution in [0.1, 0.15) is 18.4 Å². The van der Waals surface area contributed by atoms with Crippen molar-refractivity contribution in [2.45, 2.75) is 31.6 Å². The molecule has 0 unspecified atom stereocenters. The molecule has 1 aliphatic carbocycles. The molecular formula is C15H18F3N3O2. The van der Waals surface area contributed by atoms with E-state index in [0.29, 0.717) is 6.54 Å². The molecule has 1 aliphatic rings. The lowest BCUT2D eigenvalue weighted by Gasteiger charge is -2.21. The van der Waals surface area contributed by atoms with Crippen molar-refractivity contribution in [1.82, 2.24) is 15.5 Å². The van der Waals surface area contributed by atoms with Crippen LogP contribution >= 0.6 is 0 Å². The molecule has 0 bridgehead atoms. The summed E-state index contributed by atoms with van der Waals surface area (Å²) < 4.78 is 36.0. The van der Waals surface area contributed by atoms with Crippen molar-refractivity contribution in [3.05, 3.63) is 35.9 Å². The average molecular weight is 329 g/mol. The standard InChI is InChI=1S/C15H18F3N3O2/c16-15(17,18)10-19-14(23)20-13(22)9-21(12-6-7-12)8-11-4-2-1-3-5-11/h1-5,12H,6-10H2,(H2,19,20,22,23). The predicted octanol–water partition coefficient (Wildman–Crippen LogP) is 2.04. The number of urea groups is 1. The molecule has 1 aromatic rings. The van der Waals surface area contributed by atoms with Gasteiger partial charge in [-0.05, 0) is 18.4 Å². The lowest BCUT2D eigenvalue weighted by Crippen LogP contribution is -2.47. The zero-order chi connectivity index (χ0) is 16.9. The summed E-state index contributed by atoms with van der Waals surface area (Å²) in [5, 5.41) is 3.53. The number of nitrogens with one attached hydrogen (secondary N) is 2. The summed E-state index contributed by atoms with van der Waals surface area (Å²) in [6, 6.07) is 8.69. The fourth-order valence-corrected chi connectivity index (χ4v) is 2.15. The molecule has 126 valence electrons. The smallest absolute Gasteiger partial charge is 0.329 e. The SMILES string of the molecule is O=C(CN(Cc1ccccc1)C1CC1)NC(=O)NCC(F)(F)F. The van der Waals surface area contributed by atoms with Gasteiger partial charge in [0.25, 0.3) is 0 Å². The van der Waals surface area contributed by atoms with E-state index in [1.54, 1.807) is 5.32 Å². The molecule has 0 heterocycles. The number of carbonyl (C=O) groups is 2. The maximum absolute atomic E-state index is 12.0. The molecular weight excluding hydrogens is 311 g/mol. The first kappa shape index (κ1) is 17.3. The van der Waals surface area contributed by atoms with Crippen molar-refractivity contribution < 1.29 is 22.8 Å². The minimum absolute atomic E-state index is 0.0288. The van der Waals surface area contributed by atoms with Gasteiger partial charge in [0.2, 0.25) is 5.91 Å². The highest BCUT2D eigenvalue weighted by Gasteiger charge is 2.31. The topological polar surface area (TPSA) is 61.4 Å². The fraction of sp³-hybridized carbons (Fsp3) is 0.467. The van der Waals surface area contributed by atoms with Crippen LogP contribution in [0.15, 0.2) is 30.3 Å². The van der Waals surface area contributed by atoms with Crippen LogP contribution in [0.4, 0.5) is 18.0 Å². The maximum Gasteiger partial charge on any atom is 0.405 e. The quantitative estimate of drug-likeness (QED) is 0.840. The van der Waals surface area contributed by atoms with Crippen molar-refractivity contribution in [3.8, 4) is 0 Å². The van der Waals surface area contributed by atoms with Gasteiger partial charge < -0.3 is 5.32 Å². The lowest BCUT2D eigenvalue weighted by molar-refractivity contribution is -0.125. The summed E-state index contributed by atoms with van der Waals surface area (Å²) in [6.45, 7) is -0.940. The van der Waals surface area contributed by atoms with E-state index < -0.39 is 24.7 Å². The summed E-state index contributed by atoms with van der Waals surface area (Å²) in [6.07, 6.45) is -2.56. The second-order valence-corrected chi connectivity index (χ2v) is 5.47. The first-order valence-electron chi connectivity index (χ1n) is 7.26. The highest BCUT2D eigenvalue weighted by Crippen LogP contribution is 2.27. The van der Waals surface area contributed by atoms with Crippen LogP contribution in [0.2, 0.25) is 0 Å². The summed E-state index contributed by atoms with van der Waals surface area (Å²) in [4.78, 5) is 25.0. The van der Waals surface area contributed by atoms with Gasteiger partial charge in [0.1, 0.15) is 6.54 Å². The monoisotopic (exact) mass is 329 g/mol. The molecule has 5 nitrogen and oxygen atoms in total. The Bertz CT molecular complexity index is 545. The van der Waals surface area contributed by atoms with E-state index in [1.165, 1.54) is 0 Å². The second-order valence-electron chi connectivity index (χ2n) is 5.47. The van der Waals surface area contributed by atoms with Crippen LogP contribution in [0.5, 0.6) is 0 Å². The number of nitrogens with zero attached hydrogens (tertiary/aromatic N) is 1. The van der Waals surface area contributed by atoms with Crippen LogP contribution in [0.25, 0.3) is 0 Å². The first-order valence-corrected chi connectivity index (χ1v) is 7.26. The lowest BCUT2D eigenvalue weighted by atomic mass is 10.2. The molecule has 2 rings (SSSR count). The predicted molar refractivity (Wildman–Crippen MR) is 77.5 cm³/mol. The van der Waals surface area contributed by atoms with Gasteiger partial charge >= 0.3 is 12.2 Å². The Balaban J connectivity index is 1.80. The van der Waals surface area contributed by atoms with Crippen LogP contribution in [-0.4, -0.2) is 42.1 Å². The molecule has 0 aromatic heterocycles. The van der Waals surface area contributed by atoms with Crippen LogP contribution < -0.4 is 10.6 Å². The number of halogens is 3. The zero-order valence-corrected chi connectivity index (χ0v) is 12.4. The van der Waals surface area contributed by atoms with Gasteiger partial charge in [0.15, 0.2) is 0 Å². The van der Waals surface area contributed by atoms with E-state index in [2.05, 4.69) is 0 Å². The molecule has 0 atom stereocenters. The zero-order valence-electron chi connectivity index (χ0n) is 12.4. The number of hydrogen-bond acceptors (Lipinski definition) is 3. The summed E-state index contributed by atoms with van der Waals surface area (Å²) in [7, 11) is 0. The third kappa shape index (κ3) is 6.68. The number of benzene rings is 1. The summed E-state index contributed by atoms with van der Waals surface area (Å²) in [5.41, 5.74) is 1.04. The van der Waals surface area contributed by atoms with E-state index in [4.69, 9.17) is 0 Å². The molecule has 1 aromatic carbocycles. The van der Waals surface area contributed by atoms with E-state index in [1.807, 2.05) is 40.5 Å². The molecule has 23 heavy (non-hydrogen) atoms. The van der Waals surface area contributed by atoms with Gasteiger partial charge in [0, 0.05) is 12.6 Å². The Morgan fingerprint density at radius 3 is 2.39 bits per heavy atom. The van der Waals surface area contributed by atoms with Crippen molar-refractivity contribution in [1.29, 1.82) is 0 Å². The molecule has 0 saturated heterocycles. The van der Waals surface area contributed by atoms with E-state index in [0.717, 1.165) is 18.4 Å². The van der Waals surface area contributed by atoms with Crippen LogP contribution in [-0.2, 0) is 11.3 Å².